The first-order valence-corrected chi connectivity index (χ1v) is 7.20. The number of ether oxygens (including phenoxy) is 1. The van der Waals surface area contributed by atoms with Crippen molar-refractivity contribution in [1.82, 2.24) is 0 Å². The standard InChI is InChI=1S/C18H20O3/c1-2-3-14-21-17(19)18(20,15-10-6-4-7-11-15)16-12-8-5-9-13-16/h4-13,20H,2-3,14H2,1H3. The van der Waals surface area contributed by atoms with Gasteiger partial charge in [0, 0.05) is 0 Å². The van der Waals surface area contributed by atoms with E-state index in [4.69, 9.17) is 4.74 Å². The van der Waals surface area contributed by atoms with E-state index in [0.29, 0.717) is 17.7 Å². The zero-order valence-electron chi connectivity index (χ0n) is 12.2. The fraction of sp³-hybridized carbons (Fsp3) is 0.278. The molecule has 0 saturated heterocycles. The first-order valence-electron chi connectivity index (χ1n) is 7.20. The Hall–Kier alpha value is -2.13. The minimum atomic E-state index is -1.77. The van der Waals surface area contributed by atoms with Crippen LogP contribution in [0.3, 0.4) is 0 Å². The minimum absolute atomic E-state index is 0.317. The Morgan fingerprint density at radius 1 is 1.00 bits per heavy atom. The number of esters is 1. The molecule has 2 aromatic carbocycles. The Morgan fingerprint density at radius 3 is 1.90 bits per heavy atom. The molecule has 3 heteroatoms. The second-order valence-electron chi connectivity index (χ2n) is 4.93. The van der Waals surface area contributed by atoms with Crippen LogP contribution in [-0.2, 0) is 15.1 Å². The molecule has 2 rings (SSSR count). The van der Waals surface area contributed by atoms with E-state index in [-0.39, 0.29) is 0 Å². The first kappa shape index (κ1) is 15.3. The van der Waals surface area contributed by atoms with E-state index in [1.165, 1.54) is 0 Å². The van der Waals surface area contributed by atoms with E-state index in [9.17, 15) is 9.90 Å². The van der Waals surface area contributed by atoms with E-state index in [2.05, 4.69) is 0 Å². The van der Waals surface area contributed by atoms with Crippen LogP contribution in [0.15, 0.2) is 60.7 Å². The van der Waals surface area contributed by atoms with E-state index in [1.54, 1.807) is 48.5 Å². The van der Waals surface area contributed by atoms with Gasteiger partial charge in [0.25, 0.3) is 0 Å². The van der Waals surface area contributed by atoms with Crippen molar-refractivity contribution in [3.8, 4) is 0 Å². The summed E-state index contributed by atoms with van der Waals surface area (Å²) in [5.74, 6) is -0.631. The highest BCUT2D eigenvalue weighted by atomic mass is 16.5. The molecular weight excluding hydrogens is 264 g/mol. The highest BCUT2D eigenvalue weighted by molar-refractivity contribution is 5.85. The van der Waals surface area contributed by atoms with Crippen molar-refractivity contribution in [1.29, 1.82) is 0 Å². The van der Waals surface area contributed by atoms with Gasteiger partial charge in [-0.3, -0.25) is 0 Å². The Balaban J connectivity index is 2.38. The molecule has 0 aliphatic carbocycles. The van der Waals surface area contributed by atoms with Crippen LogP contribution >= 0.6 is 0 Å². The molecule has 0 saturated carbocycles. The average molecular weight is 284 g/mol. The highest BCUT2D eigenvalue weighted by Crippen LogP contribution is 2.31. The molecule has 21 heavy (non-hydrogen) atoms. The molecule has 0 radical (unpaired) electrons. The summed E-state index contributed by atoms with van der Waals surface area (Å²) in [5, 5.41) is 11.0. The van der Waals surface area contributed by atoms with Crippen LogP contribution in [-0.4, -0.2) is 17.7 Å². The maximum atomic E-state index is 12.5. The largest absolute Gasteiger partial charge is 0.463 e. The van der Waals surface area contributed by atoms with Gasteiger partial charge in [-0.25, -0.2) is 4.79 Å². The predicted octanol–water partition coefficient (Wildman–Crippen LogP) is 3.27. The lowest BCUT2D eigenvalue weighted by Gasteiger charge is -2.27. The van der Waals surface area contributed by atoms with Crippen molar-refractivity contribution in [2.45, 2.75) is 25.4 Å². The summed E-state index contributed by atoms with van der Waals surface area (Å²) in [6.45, 7) is 2.34. The minimum Gasteiger partial charge on any atom is -0.463 e. The summed E-state index contributed by atoms with van der Waals surface area (Å²) < 4.78 is 5.27. The molecule has 1 N–H and O–H groups in total. The third kappa shape index (κ3) is 3.31. The van der Waals surface area contributed by atoms with Crippen molar-refractivity contribution >= 4 is 5.97 Å². The lowest BCUT2D eigenvalue weighted by Crippen LogP contribution is -2.38. The number of carbonyl (C=O) groups excluding carboxylic acids is 1. The molecule has 0 aromatic heterocycles. The molecule has 2 aromatic rings. The molecule has 0 atom stereocenters. The fourth-order valence-electron chi connectivity index (χ4n) is 2.17. The van der Waals surface area contributed by atoms with Crippen LogP contribution in [0.4, 0.5) is 0 Å². The van der Waals surface area contributed by atoms with Gasteiger partial charge in [-0.2, -0.15) is 0 Å². The fourth-order valence-corrected chi connectivity index (χ4v) is 2.17. The Kier molecular flexibility index (Phi) is 5.12. The van der Waals surface area contributed by atoms with Crippen LogP contribution in [0.1, 0.15) is 30.9 Å². The second-order valence-corrected chi connectivity index (χ2v) is 4.93. The van der Waals surface area contributed by atoms with Crippen LogP contribution in [0.2, 0.25) is 0 Å². The van der Waals surface area contributed by atoms with Gasteiger partial charge in [0.1, 0.15) is 0 Å². The molecule has 0 amide bonds. The molecule has 0 spiro atoms. The van der Waals surface area contributed by atoms with Crippen molar-refractivity contribution in [2.24, 2.45) is 0 Å². The predicted molar refractivity (Wildman–Crippen MR) is 81.7 cm³/mol. The number of rotatable bonds is 6. The Bertz CT molecular complexity index is 524. The lowest BCUT2D eigenvalue weighted by molar-refractivity contribution is -0.162. The molecule has 0 heterocycles. The lowest BCUT2D eigenvalue weighted by atomic mass is 9.86. The molecule has 0 aliphatic rings. The monoisotopic (exact) mass is 284 g/mol. The number of hydrogen-bond donors (Lipinski definition) is 1. The third-order valence-corrected chi connectivity index (χ3v) is 3.41. The Morgan fingerprint density at radius 2 is 1.48 bits per heavy atom. The molecule has 3 nitrogen and oxygen atoms in total. The molecular formula is C18H20O3. The quantitative estimate of drug-likeness (QED) is 0.654. The zero-order chi connectivity index (χ0) is 15.1. The number of aliphatic hydroxyl groups is 1. The zero-order valence-corrected chi connectivity index (χ0v) is 12.2. The van der Waals surface area contributed by atoms with E-state index in [1.807, 2.05) is 19.1 Å². The topological polar surface area (TPSA) is 46.5 Å². The van der Waals surface area contributed by atoms with Crippen LogP contribution in [0.5, 0.6) is 0 Å². The van der Waals surface area contributed by atoms with Crippen molar-refractivity contribution < 1.29 is 14.6 Å². The van der Waals surface area contributed by atoms with Crippen molar-refractivity contribution in [3.05, 3.63) is 71.8 Å². The number of carbonyl (C=O) groups is 1. The van der Waals surface area contributed by atoms with Gasteiger partial charge in [-0.1, -0.05) is 74.0 Å². The van der Waals surface area contributed by atoms with Crippen molar-refractivity contribution in [2.75, 3.05) is 6.61 Å². The van der Waals surface area contributed by atoms with E-state index < -0.39 is 11.6 Å². The van der Waals surface area contributed by atoms with Crippen LogP contribution in [0.25, 0.3) is 0 Å². The molecule has 0 fully saturated rings. The SMILES string of the molecule is CCCCOC(=O)C(O)(c1ccccc1)c1ccccc1. The maximum absolute atomic E-state index is 12.5. The smallest absolute Gasteiger partial charge is 0.347 e. The maximum Gasteiger partial charge on any atom is 0.347 e. The van der Waals surface area contributed by atoms with E-state index >= 15 is 0 Å². The van der Waals surface area contributed by atoms with Gasteiger partial charge >= 0.3 is 5.97 Å². The summed E-state index contributed by atoms with van der Waals surface area (Å²) in [4.78, 5) is 12.5. The van der Waals surface area contributed by atoms with Gasteiger partial charge in [-0.05, 0) is 17.5 Å². The summed E-state index contributed by atoms with van der Waals surface area (Å²) in [5.41, 5.74) is -0.744. The van der Waals surface area contributed by atoms with E-state index in [0.717, 1.165) is 12.8 Å². The van der Waals surface area contributed by atoms with Crippen molar-refractivity contribution in [3.63, 3.8) is 0 Å². The molecule has 0 unspecified atom stereocenters. The summed E-state index contributed by atoms with van der Waals surface area (Å²) in [6.07, 6.45) is 1.72. The number of benzene rings is 2. The number of unbranched alkanes of at least 4 members (excludes halogenated alkanes) is 1. The molecule has 0 aliphatic heterocycles. The summed E-state index contributed by atoms with van der Waals surface area (Å²) in [7, 11) is 0. The van der Waals surface area contributed by atoms with Gasteiger partial charge in [0.15, 0.2) is 0 Å². The van der Waals surface area contributed by atoms with Gasteiger partial charge in [0.05, 0.1) is 6.61 Å². The summed E-state index contributed by atoms with van der Waals surface area (Å²) in [6, 6.07) is 17.8. The molecule has 110 valence electrons. The van der Waals surface area contributed by atoms with Crippen LogP contribution < -0.4 is 0 Å². The van der Waals surface area contributed by atoms with Crippen LogP contribution in [0, 0.1) is 0 Å². The first-order chi connectivity index (χ1) is 10.2. The number of hydrogen-bond acceptors (Lipinski definition) is 3. The Labute approximate surface area is 125 Å². The van der Waals surface area contributed by atoms with Gasteiger partial charge < -0.3 is 9.84 Å². The summed E-state index contributed by atoms with van der Waals surface area (Å²) >= 11 is 0. The third-order valence-electron chi connectivity index (χ3n) is 3.41. The second kappa shape index (κ2) is 7.04. The highest BCUT2D eigenvalue weighted by Gasteiger charge is 2.41. The van der Waals surface area contributed by atoms with Gasteiger partial charge in [-0.15, -0.1) is 0 Å². The van der Waals surface area contributed by atoms with Gasteiger partial charge in [0.2, 0.25) is 5.60 Å². The molecule has 0 bridgehead atoms. The normalized spacial score (nSPS) is 11.1. The average Bonchev–Trinajstić information content (AvgIpc) is 2.56.